The van der Waals surface area contributed by atoms with E-state index >= 15 is 0 Å². The van der Waals surface area contributed by atoms with Crippen LogP contribution in [-0.4, -0.2) is 24.7 Å². The summed E-state index contributed by atoms with van der Waals surface area (Å²) in [6.07, 6.45) is 7.85. The van der Waals surface area contributed by atoms with Crippen molar-refractivity contribution in [2.75, 3.05) is 6.54 Å². The van der Waals surface area contributed by atoms with Gasteiger partial charge in [0, 0.05) is 18.2 Å². The van der Waals surface area contributed by atoms with E-state index < -0.39 is 0 Å². The summed E-state index contributed by atoms with van der Waals surface area (Å²) in [7, 11) is 0. The van der Waals surface area contributed by atoms with Crippen LogP contribution in [0, 0.1) is 6.92 Å². The molecule has 23 heavy (non-hydrogen) atoms. The average Bonchev–Trinajstić information content (AvgIpc) is 3.20. The van der Waals surface area contributed by atoms with Crippen LogP contribution in [0.25, 0.3) is 0 Å². The molecule has 2 aliphatic rings. The molecule has 0 amide bonds. The lowest BCUT2D eigenvalue weighted by atomic mass is 10.1. The lowest BCUT2D eigenvalue weighted by Crippen LogP contribution is -2.38. The summed E-state index contributed by atoms with van der Waals surface area (Å²) in [6.45, 7) is 5.76. The highest BCUT2D eigenvalue weighted by Gasteiger charge is 2.22. The van der Waals surface area contributed by atoms with Gasteiger partial charge in [-0.1, -0.05) is 12.1 Å². The smallest absolute Gasteiger partial charge is 0.191 e. The summed E-state index contributed by atoms with van der Waals surface area (Å²) < 4.78 is 6.26. The van der Waals surface area contributed by atoms with Crippen LogP contribution in [0.2, 0.25) is 0 Å². The Labute approximate surface area is 139 Å². The number of ether oxygens (including phenoxy) is 1. The number of rotatable bonds is 6. The Balaban J connectivity index is 1.69. The number of nitrogens with zero attached hydrogens (tertiary/aromatic N) is 1. The first-order chi connectivity index (χ1) is 11.2. The lowest BCUT2D eigenvalue weighted by molar-refractivity contribution is 0.208. The van der Waals surface area contributed by atoms with Gasteiger partial charge in [-0.3, -0.25) is 0 Å². The molecule has 3 rings (SSSR count). The van der Waals surface area contributed by atoms with Crippen molar-refractivity contribution in [3.63, 3.8) is 0 Å². The predicted octanol–water partition coefficient (Wildman–Crippen LogP) is 3.53. The maximum absolute atomic E-state index is 6.26. The topological polar surface area (TPSA) is 45.7 Å². The van der Waals surface area contributed by atoms with Crippen LogP contribution in [0.1, 0.15) is 56.6 Å². The van der Waals surface area contributed by atoms with Crippen molar-refractivity contribution in [1.82, 2.24) is 10.6 Å². The van der Waals surface area contributed by atoms with Gasteiger partial charge in [-0.15, -0.1) is 0 Å². The number of guanidine groups is 1. The second-order valence-electron chi connectivity index (χ2n) is 6.75. The van der Waals surface area contributed by atoms with E-state index in [2.05, 4.69) is 42.7 Å². The molecule has 0 unspecified atom stereocenters. The molecule has 2 fully saturated rings. The van der Waals surface area contributed by atoms with Crippen LogP contribution in [-0.2, 0) is 6.54 Å². The monoisotopic (exact) mass is 315 g/mol. The fraction of sp³-hybridized carbons (Fsp3) is 0.632. The molecule has 2 aliphatic carbocycles. The first-order valence-corrected chi connectivity index (χ1v) is 9.05. The van der Waals surface area contributed by atoms with E-state index in [1.54, 1.807) is 0 Å². The van der Waals surface area contributed by atoms with Gasteiger partial charge in [0.05, 0.1) is 12.6 Å². The fourth-order valence-corrected chi connectivity index (χ4v) is 2.99. The lowest BCUT2D eigenvalue weighted by Gasteiger charge is -2.17. The third-order valence-corrected chi connectivity index (χ3v) is 4.49. The van der Waals surface area contributed by atoms with Gasteiger partial charge in [-0.25, -0.2) is 4.99 Å². The normalized spacial score (nSPS) is 19.0. The Morgan fingerprint density at radius 1 is 1.22 bits per heavy atom. The highest BCUT2D eigenvalue weighted by molar-refractivity contribution is 5.80. The van der Waals surface area contributed by atoms with Crippen molar-refractivity contribution in [1.29, 1.82) is 0 Å². The molecule has 0 aliphatic heterocycles. The first-order valence-electron chi connectivity index (χ1n) is 9.05. The van der Waals surface area contributed by atoms with E-state index in [9.17, 15) is 0 Å². The molecule has 0 saturated heterocycles. The minimum absolute atomic E-state index is 0.386. The molecule has 4 nitrogen and oxygen atoms in total. The first kappa shape index (κ1) is 16.2. The highest BCUT2D eigenvalue weighted by Crippen LogP contribution is 2.28. The Morgan fingerprint density at radius 2 is 2.00 bits per heavy atom. The molecule has 4 heteroatoms. The largest absolute Gasteiger partial charge is 0.490 e. The van der Waals surface area contributed by atoms with Crippen molar-refractivity contribution in [2.45, 2.75) is 71.1 Å². The van der Waals surface area contributed by atoms with Crippen molar-refractivity contribution in [3.05, 3.63) is 29.3 Å². The van der Waals surface area contributed by atoms with E-state index in [0.29, 0.717) is 18.7 Å². The molecule has 0 bridgehead atoms. The molecule has 0 spiro atoms. The van der Waals surface area contributed by atoms with Crippen molar-refractivity contribution < 1.29 is 4.74 Å². The van der Waals surface area contributed by atoms with E-state index in [0.717, 1.165) is 18.3 Å². The molecule has 0 radical (unpaired) electrons. The summed E-state index contributed by atoms with van der Waals surface area (Å²) in [4.78, 5) is 4.74. The van der Waals surface area contributed by atoms with Crippen molar-refractivity contribution >= 4 is 5.96 Å². The van der Waals surface area contributed by atoms with E-state index in [4.69, 9.17) is 9.73 Å². The van der Waals surface area contributed by atoms with Gasteiger partial charge < -0.3 is 15.4 Å². The van der Waals surface area contributed by atoms with Gasteiger partial charge in [0.25, 0.3) is 0 Å². The Morgan fingerprint density at radius 3 is 2.70 bits per heavy atom. The van der Waals surface area contributed by atoms with Gasteiger partial charge in [-0.05, 0) is 64.0 Å². The average molecular weight is 315 g/mol. The second-order valence-corrected chi connectivity index (χ2v) is 6.75. The summed E-state index contributed by atoms with van der Waals surface area (Å²) in [5.41, 5.74) is 2.42. The van der Waals surface area contributed by atoms with Crippen molar-refractivity contribution in [3.8, 4) is 5.75 Å². The van der Waals surface area contributed by atoms with E-state index in [1.807, 2.05) is 0 Å². The third kappa shape index (κ3) is 4.88. The SMILES string of the molecule is CCNC(=NCc1ccc(C)cc1OC1CCCC1)NC1CC1. The fourth-order valence-electron chi connectivity index (χ4n) is 2.99. The standard InChI is InChI=1S/C19H29N3O/c1-3-20-19(22-16-10-11-16)21-13-15-9-8-14(2)12-18(15)23-17-6-4-5-7-17/h8-9,12,16-17H,3-7,10-11,13H2,1-2H3,(H2,20,21,22). The van der Waals surface area contributed by atoms with E-state index in [-0.39, 0.29) is 0 Å². The molecule has 2 N–H and O–H groups in total. The number of nitrogens with one attached hydrogen (secondary N) is 2. The van der Waals surface area contributed by atoms with Gasteiger partial charge in [0.1, 0.15) is 5.75 Å². The predicted molar refractivity (Wildman–Crippen MR) is 95.0 cm³/mol. The number of aliphatic imine (C=N–C) groups is 1. The van der Waals surface area contributed by atoms with Crippen LogP contribution in [0.15, 0.2) is 23.2 Å². The minimum atomic E-state index is 0.386. The van der Waals surface area contributed by atoms with Crippen LogP contribution in [0.3, 0.4) is 0 Å². The van der Waals surface area contributed by atoms with Crippen LogP contribution in [0.4, 0.5) is 0 Å². The van der Waals surface area contributed by atoms with E-state index in [1.165, 1.54) is 49.7 Å². The Bertz CT molecular complexity index is 546. The molecule has 0 atom stereocenters. The zero-order valence-electron chi connectivity index (χ0n) is 14.4. The third-order valence-electron chi connectivity index (χ3n) is 4.49. The van der Waals surface area contributed by atoms with Gasteiger partial charge in [0.15, 0.2) is 5.96 Å². The van der Waals surface area contributed by atoms with Gasteiger partial charge in [-0.2, -0.15) is 0 Å². The molecule has 2 saturated carbocycles. The zero-order chi connectivity index (χ0) is 16.1. The van der Waals surface area contributed by atoms with Crippen molar-refractivity contribution in [2.24, 2.45) is 4.99 Å². The quantitative estimate of drug-likeness (QED) is 0.623. The summed E-state index contributed by atoms with van der Waals surface area (Å²) in [6, 6.07) is 7.07. The number of benzene rings is 1. The maximum Gasteiger partial charge on any atom is 0.191 e. The summed E-state index contributed by atoms with van der Waals surface area (Å²) >= 11 is 0. The second kappa shape index (κ2) is 7.71. The van der Waals surface area contributed by atoms with Crippen LogP contribution < -0.4 is 15.4 Å². The number of hydrogen-bond acceptors (Lipinski definition) is 2. The zero-order valence-corrected chi connectivity index (χ0v) is 14.4. The minimum Gasteiger partial charge on any atom is -0.490 e. The Hall–Kier alpha value is -1.71. The molecular weight excluding hydrogens is 286 g/mol. The molecule has 1 aromatic rings. The van der Waals surface area contributed by atoms with Gasteiger partial charge in [0.2, 0.25) is 0 Å². The Kier molecular flexibility index (Phi) is 5.42. The molecule has 126 valence electrons. The van der Waals surface area contributed by atoms with Crippen LogP contribution in [0.5, 0.6) is 5.75 Å². The maximum atomic E-state index is 6.26. The van der Waals surface area contributed by atoms with Gasteiger partial charge >= 0.3 is 0 Å². The number of hydrogen-bond donors (Lipinski definition) is 2. The highest BCUT2D eigenvalue weighted by atomic mass is 16.5. The molecule has 0 aromatic heterocycles. The summed E-state index contributed by atoms with van der Waals surface area (Å²) in [5.74, 6) is 1.94. The molecule has 0 heterocycles. The number of aryl methyl sites for hydroxylation is 1. The molecule has 1 aromatic carbocycles. The molecular formula is C19H29N3O. The summed E-state index contributed by atoms with van der Waals surface area (Å²) in [5, 5.41) is 6.79. The van der Waals surface area contributed by atoms with Crippen LogP contribution >= 0.6 is 0 Å².